The van der Waals surface area contributed by atoms with Crippen molar-refractivity contribution in [2.75, 3.05) is 20.3 Å². The molecule has 1 saturated carbocycles. The van der Waals surface area contributed by atoms with Crippen molar-refractivity contribution in [2.24, 2.45) is 0 Å². The van der Waals surface area contributed by atoms with Crippen LogP contribution in [0.2, 0.25) is 0 Å². The Morgan fingerprint density at radius 2 is 2.11 bits per heavy atom. The van der Waals surface area contributed by atoms with E-state index in [2.05, 4.69) is 0 Å². The van der Waals surface area contributed by atoms with Gasteiger partial charge in [0.15, 0.2) is 0 Å². The summed E-state index contributed by atoms with van der Waals surface area (Å²) < 4.78 is 10.2. The Morgan fingerprint density at radius 3 is 2.56 bits per heavy atom. The molecule has 9 heavy (non-hydrogen) atoms. The van der Waals surface area contributed by atoms with E-state index in [9.17, 15) is 0 Å². The van der Waals surface area contributed by atoms with E-state index in [0.717, 1.165) is 13.2 Å². The lowest BCUT2D eigenvalue weighted by atomic mass is 9.96. The number of hydrogen-bond donors (Lipinski definition) is 0. The average molecular weight is 130 g/mol. The van der Waals surface area contributed by atoms with Crippen LogP contribution in [0.25, 0.3) is 0 Å². The summed E-state index contributed by atoms with van der Waals surface area (Å²) in [6.45, 7) is 1.50. The molecular weight excluding hydrogens is 116 g/mol. The number of methoxy groups -OCH3 is 1. The van der Waals surface area contributed by atoms with Gasteiger partial charge in [-0.3, -0.25) is 0 Å². The quantitative estimate of drug-likeness (QED) is 0.532. The maximum atomic E-state index is 5.39. The highest BCUT2D eigenvalue weighted by Crippen LogP contribution is 2.21. The van der Waals surface area contributed by atoms with Crippen molar-refractivity contribution >= 4 is 0 Å². The second kappa shape index (κ2) is 3.85. The van der Waals surface area contributed by atoms with Crippen LogP contribution >= 0.6 is 0 Å². The molecular formula is C7H14O2. The Morgan fingerprint density at radius 1 is 1.33 bits per heavy atom. The molecule has 2 heteroatoms. The average Bonchev–Trinajstić information content (AvgIpc) is 1.76. The van der Waals surface area contributed by atoms with Crippen molar-refractivity contribution in [3.8, 4) is 0 Å². The molecule has 0 radical (unpaired) electrons. The van der Waals surface area contributed by atoms with Crippen molar-refractivity contribution < 1.29 is 9.47 Å². The largest absolute Gasteiger partial charge is 0.382 e. The van der Waals surface area contributed by atoms with Gasteiger partial charge in [0.05, 0.1) is 19.3 Å². The van der Waals surface area contributed by atoms with E-state index >= 15 is 0 Å². The highest BCUT2D eigenvalue weighted by atomic mass is 16.5. The van der Waals surface area contributed by atoms with Crippen LogP contribution in [-0.2, 0) is 9.47 Å². The van der Waals surface area contributed by atoms with E-state index in [4.69, 9.17) is 9.47 Å². The Hall–Kier alpha value is -0.0800. The molecule has 0 aromatic carbocycles. The maximum Gasteiger partial charge on any atom is 0.0704 e. The molecule has 1 aliphatic rings. The molecule has 0 atom stereocenters. The minimum atomic E-state index is 0.556. The van der Waals surface area contributed by atoms with E-state index in [0.29, 0.717) is 6.10 Å². The molecule has 0 unspecified atom stereocenters. The molecule has 0 heterocycles. The predicted molar refractivity (Wildman–Crippen MR) is 35.5 cm³/mol. The molecule has 0 bridgehead atoms. The lowest BCUT2D eigenvalue weighted by molar-refractivity contribution is -0.0209. The number of ether oxygens (including phenoxy) is 2. The molecule has 54 valence electrons. The van der Waals surface area contributed by atoms with Crippen LogP contribution in [0.4, 0.5) is 0 Å². The second-order valence-corrected chi connectivity index (χ2v) is 2.42. The Bertz CT molecular complexity index is 69.3. The van der Waals surface area contributed by atoms with Crippen molar-refractivity contribution in [3.05, 3.63) is 0 Å². The molecule has 0 aliphatic heterocycles. The third-order valence-electron chi connectivity index (χ3n) is 1.69. The number of rotatable bonds is 4. The van der Waals surface area contributed by atoms with Crippen LogP contribution in [0.1, 0.15) is 19.3 Å². The van der Waals surface area contributed by atoms with Crippen LogP contribution in [0.5, 0.6) is 0 Å². The van der Waals surface area contributed by atoms with Crippen molar-refractivity contribution in [2.45, 2.75) is 25.4 Å². The van der Waals surface area contributed by atoms with Crippen molar-refractivity contribution in [1.82, 2.24) is 0 Å². The number of hydrogen-bond acceptors (Lipinski definition) is 2. The van der Waals surface area contributed by atoms with Gasteiger partial charge < -0.3 is 9.47 Å². The first-order valence-corrected chi connectivity index (χ1v) is 3.54. The molecule has 1 aliphatic carbocycles. The molecule has 0 aromatic rings. The van der Waals surface area contributed by atoms with E-state index in [1.165, 1.54) is 19.3 Å². The van der Waals surface area contributed by atoms with Crippen LogP contribution in [0.15, 0.2) is 0 Å². The second-order valence-electron chi connectivity index (χ2n) is 2.42. The maximum absolute atomic E-state index is 5.39. The normalized spacial score (nSPS) is 19.7. The van der Waals surface area contributed by atoms with Crippen LogP contribution in [0, 0.1) is 0 Å². The Kier molecular flexibility index (Phi) is 3.01. The summed E-state index contributed by atoms with van der Waals surface area (Å²) in [5, 5.41) is 0. The topological polar surface area (TPSA) is 18.5 Å². The van der Waals surface area contributed by atoms with Gasteiger partial charge in [0.1, 0.15) is 0 Å². The minimum absolute atomic E-state index is 0.556. The van der Waals surface area contributed by atoms with Gasteiger partial charge in [0.25, 0.3) is 0 Å². The summed E-state index contributed by atoms with van der Waals surface area (Å²) >= 11 is 0. The summed E-state index contributed by atoms with van der Waals surface area (Å²) in [4.78, 5) is 0. The molecule has 0 N–H and O–H groups in total. The fourth-order valence-electron chi connectivity index (χ4n) is 0.836. The summed E-state index contributed by atoms with van der Waals surface area (Å²) in [5.41, 5.74) is 0. The lowest BCUT2D eigenvalue weighted by Gasteiger charge is -2.25. The SMILES string of the molecule is COCCOC1CCC1. The van der Waals surface area contributed by atoms with Gasteiger partial charge in [-0.1, -0.05) is 0 Å². The smallest absolute Gasteiger partial charge is 0.0704 e. The third kappa shape index (κ3) is 2.33. The van der Waals surface area contributed by atoms with Crippen LogP contribution in [-0.4, -0.2) is 26.4 Å². The Balaban J connectivity index is 1.80. The van der Waals surface area contributed by atoms with E-state index in [-0.39, 0.29) is 0 Å². The van der Waals surface area contributed by atoms with E-state index < -0.39 is 0 Å². The zero-order valence-electron chi connectivity index (χ0n) is 5.93. The fraction of sp³-hybridized carbons (Fsp3) is 1.00. The van der Waals surface area contributed by atoms with Gasteiger partial charge in [-0.05, 0) is 19.3 Å². The van der Waals surface area contributed by atoms with Gasteiger partial charge in [0, 0.05) is 7.11 Å². The summed E-state index contributed by atoms with van der Waals surface area (Å²) in [6.07, 6.45) is 4.41. The van der Waals surface area contributed by atoms with Gasteiger partial charge in [-0.15, -0.1) is 0 Å². The zero-order chi connectivity index (χ0) is 6.53. The highest BCUT2D eigenvalue weighted by Gasteiger charge is 2.16. The van der Waals surface area contributed by atoms with Crippen LogP contribution in [0.3, 0.4) is 0 Å². The van der Waals surface area contributed by atoms with Gasteiger partial charge in [-0.2, -0.15) is 0 Å². The molecule has 0 spiro atoms. The third-order valence-corrected chi connectivity index (χ3v) is 1.69. The van der Waals surface area contributed by atoms with Crippen molar-refractivity contribution in [3.63, 3.8) is 0 Å². The summed E-state index contributed by atoms with van der Waals surface area (Å²) in [5.74, 6) is 0. The van der Waals surface area contributed by atoms with E-state index in [1.807, 2.05) is 0 Å². The first-order valence-electron chi connectivity index (χ1n) is 3.54. The van der Waals surface area contributed by atoms with Crippen LogP contribution < -0.4 is 0 Å². The van der Waals surface area contributed by atoms with Gasteiger partial charge >= 0.3 is 0 Å². The molecule has 0 aromatic heterocycles. The monoisotopic (exact) mass is 130 g/mol. The molecule has 1 fully saturated rings. The van der Waals surface area contributed by atoms with E-state index in [1.54, 1.807) is 7.11 Å². The summed E-state index contributed by atoms with van der Waals surface area (Å²) in [6, 6.07) is 0. The molecule has 0 saturated heterocycles. The summed E-state index contributed by atoms with van der Waals surface area (Å²) in [7, 11) is 1.70. The first kappa shape index (κ1) is 7.03. The lowest BCUT2D eigenvalue weighted by Crippen LogP contribution is -2.23. The fourth-order valence-corrected chi connectivity index (χ4v) is 0.836. The highest BCUT2D eigenvalue weighted by molar-refractivity contribution is 4.68. The zero-order valence-corrected chi connectivity index (χ0v) is 5.93. The molecule has 1 rings (SSSR count). The molecule has 2 nitrogen and oxygen atoms in total. The van der Waals surface area contributed by atoms with Crippen molar-refractivity contribution in [1.29, 1.82) is 0 Å². The van der Waals surface area contributed by atoms with Gasteiger partial charge in [-0.25, -0.2) is 0 Å². The predicted octanol–water partition coefficient (Wildman–Crippen LogP) is 1.20. The standard InChI is InChI=1S/C7H14O2/c1-8-5-6-9-7-3-2-4-7/h7H,2-6H2,1H3. The minimum Gasteiger partial charge on any atom is -0.382 e. The molecule has 0 amide bonds. The first-order chi connectivity index (χ1) is 4.43. The Labute approximate surface area is 56.2 Å². The van der Waals surface area contributed by atoms with Gasteiger partial charge in [0.2, 0.25) is 0 Å².